The minimum Gasteiger partial charge on any atom is -0.502 e. The summed E-state index contributed by atoms with van der Waals surface area (Å²) < 4.78 is 7.29. The molecule has 0 spiro atoms. The first-order chi connectivity index (χ1) is 15.6. The lowest BCUT2D eigenvalue weighted by Gasteiger charge is -2.44. The van der Waals surface area contributed by atoms with Gasteiger partial charge in [0, 0.05) is 24.4 Å². The third kappa shape index (κ3) is 3.49. The van der Waals surface area contributed by atoms with Crippen LogP contribution in [0.5, 0.6) is 11.5 Å². The van der Waals surface area contributed by atoms with Crippen LogP contribution in [0, 0.1) is 5.92 Å². The highest BCUT2D eigenvalue weighted by Gasteiger charge is 2.39. The largest absolute Gasteiger partial charge is 0.502 e. The van der Waals surface area contributed by atoms with Crippen molar-refractivity contribution < 1.29 is 14.6 Å². The van der Waals surface area contributed by atoms with Gasteiger partial charge >= 0.3 is 0 Å². The minimum absolute atomic E-state index is 0.000212. The molecular formula is C25H25N3O4. The molecule has 0 unspecified atom stereocenters. The molecule has 1 fully saturated rings. The van der Waals surface area contributed by atoms with Crippen LogP contribution in [0.15, 0.2) is 71.7 Å². The smallest absolute Gasteiger partial charge is 0.277 e. The summed E-state index contributed by atoms with van der Waals surface area (Å²) in [7, 11) is 1.64. The number of nitrogens with zero attached hydrogens (tertiary/aromatic N) is 3. The SMILES string of the molecule is COc1ccccc1[C@H](c1ccccc1)N1CN(CC2CC2)C(=O)c2c(O)c(=O)ccn21. The number of aromatic nitrogens is 1. The van der Waals surface area contributed by atoms with Gasteiger partial charge in [-0.3, -0.25) is 19.3 Å². The highest BCUT2D eigenvalue weighted by Crippen LogP contribution is 2.37. The van der Waals surface area contributed by atoms with Gasteiger partial charge in [-0.1, -0.05) is 48.5 Å². The van der Waals surface area contributed by atoms with Gasteiger partial charge in [-0.05, 0) is 30.4 Å². The van der Waals surface area contributed by atoms with Gasteiger partial charge in [-0.2, -0.15) is 0 Å². The molecule has 5 rings (SSSR count). The van der Waals surface area contributed by atoms with Gasteiger partial charge < -0.3 is 14.7 Å². The Kier molecular flexibility index (Phi) is 5.09. The predicted octanol–water partition coefficient (Wildman–Crippen LogP) is 3.11. The number of carbonyl (C=O) groups is 1. The fourth-order valence-electron chi connectivity index (χ4n) is 4.39. The molecule has 2 aliphatic rings. The molecule has 0 radical (unpaired) electrons. The van der Waals surface area contributed by atoms with Crippen molar-refractivity contribution in [2.75, 3.05) is 25.3 Å². The van der Waals surface area contributed by atoms with E-state index in [1.54, 1.807) is 22.9 Å². The average Bonchev–Trinajstić information content (AvgIpc) is 3.64. The summed E-state index contributed by atoms with van der Waals surface area (Å²) in [5.41, 5.74) is 1.36. The number of pyridine rings is 1. The van der Waals surface area contributed by atoms with Crippen molar-refractivity contribution in [1.82, 2.24) is 9.58 Å². The van der Waals surface area contributed by atoms with E-state index in [0.29, 0.717) is 19.1 Å². The van der Waals surface area contributed by atoms with Crippen molar-refractivity contribution in [2.45, 2.75) is 18.9 Å². The first kappa shape index (κ1) is 20.2. The molecule has 1 aliphatic carbocycles. The fraction of sp³-hybridized carbons (Fsp3) is 0.280. The number of carbonyl (C=O) groups excluding carboxylic acids is 1. The number of para-hydroxylation sites is 1. The summed E-state index contributed by atoms with van der Waals surface area (Å²) in [4.78, 5) is 27.2. The molecule has 1 aromatic heterocycles. The van der Waals surface area contributed by atoms with E-state index in [1.807, 2.05) is 59.6 Å². The van der Waals surface area contributed by atoms with Crippen molar-refractivity contribution in [3.63, 3.8) is 0 Å². The molecule has 32 heavy (non-hydrogen) atoms. The van der Waals surface area contributed by atoms with E-state index in [9.17, 15) is 14.7 Å². The summed E-state index contributed by atoms with van der Waals surface area (Å²) >= 11 is 0. The van der Waals surface area contributed by atoms with Crippen LogP contribution >= 0.6 is 0 Å². The standard InChI is InChI=1S/C25H25N3O4/c1-32-21-10-6-5-9-19(21)22(18-7-3-2-4-8-18)28-16-26(15-17-11-12-17)25(31)23-24(30)20(29)13-14-27(23)28/h2-10,13-14,17,22,30H,11-12,15-16H2,1H3/t22-/m0/s1. The number of fused-ring (bicyclic) bond motifs is 1. The molecule has 164 valence electrons. The van der Waals surface area contributed by atoms with E-state index in [4.69, 9.17) is 4.74 Å². The minimum atomic E-state index is -0.564. The number of rotatable bonds is 6. The lowest BCUT2D eigenvalue weighted by atomic mass is 9.97. The molecule has 1 aliphatic heterocycles. The second kappa shape index (κ2) is 8.07. The molecule has 1 amide bonds. The van der Waals surface area contributed by atoms with E-state index in [2.05, 4.69) is 0 Å². The van der Waals surface area contributed by atoms with E-state index < -0.39 is 11.2 Å². The number of hydrogen-bond acceptors (Lipinski definition) is 5. The van der Waals surface area contributed by atoms with E-state index in [0.717, 1.165) is 29.7 Å². The maximum Gasteiger partial charge on any atom is 0.277 e. The van der Waals surface area contributed by atoms with Crippen molar-refractivity contribution in [1.29, 1.82) is 0 Å². The number of ether oxygens (including phenoxy) is 1. The van der Waals surface area contributed by atoms with Crippen LogP contribution in [-0.2, 0) is 0 Å². The first-order valence-corrected chi connectivity index (χ1v) is 10.8. The third-order valence-electron chi connectivity index (χ3n) is 6.16. The fourth-order valence-corrected chi connectivity index (χ4v) is 4.39. The Hall–Kier alpha value is -3.74. The predicted molar refractivity (Wildman–Crippen MR) is 120 cm³/mol. The normalized spacial score (nSPS) is 16.6. The zero-order chi connectivity index (χ0) is 22.2. The molecule has 1 saturated carbocycles. The molecule has 7 heteroatoms. The van der Waals surface area contributed by atoms with E-state index in [-0.39, 0.29) is 17.6 Å². The van der Waals surface area contributed by atoms with Crippen LogP contribution in [0.2, 0.25) is 0 Å². The average molecular weight is 431 g/mol. The number of benzene rings is 2. The van der Waals surface area contributed by atoms with Gasteiger partial charge in [0.05, 0.1) is 7.11 Å². The number of aromatic hydroxyl groups is 1. The van der Waals surface area contributed by atoms with Gasteiger partial charge in [0.25, 0.3) is 5.91 Å². The van der Waals surface area contributed by atoms with Crippen LogP contribution in [0.4, 0.5) is 0 Å². The van der Waals surface area contributed by atoms with E-state index in [1.165, 1.54) is 6.07 Å². The highest BCUT2D eigenvalue weighted by atomic mass is 16.5. The number of amides is 1. The summed E-state index contributed by atoms with van der Waals surface area (Å²) in [6.45, 7) is 0.924. The number of hydrogen-bond donors (Lipinski definition) is 1. The molecule has 1 atom stereocenters. The van der Waals surface area contributed by atoms with Crippen molar-refractivity contribution in [2.24, 2.45) is 5.92 Å². The molecule has 0 saturated heterocycles. The van der Waals surface area contributed by atoms with Gasteiger partial charge in [0.15, 0.2) is 11.4 Å². The summed E-state index contributed by atoms with van der Waals surface area (Å²) in [5.74, 6) is 0.343. The third-order valence-corrected chi connectivity index (χ3v) is 6.16. The maximum absolute atomic E-state index is 13.3. The van der Waals surface area contributed by atoms with Crippen LogP contribution < -0.4 is 15.2 Å². The molecule has 2 aromatic carbocycles. The number of methoxy groups -OCH3 is 1. The van der Waals surface area contributed by atoms with Gasteiger partial charge in [0.1, 0.15) is 18.5 Å². The molecule has 3 aromatic rings. The Bertz CT molecular complexity index is 1200. The van der Waals surface area contributed by atoms with Crippen LogP contribution in [0.25, 0.3) is 0 Å². The van der Waals surface area contributed by atoms with Gasteiger partial charge in [-0.15, -0.1) is 0 Å². The maximum atomic E-state index is 13.3. The lowest BCUT2D eigenvalue weighted by molar-refractivity contribution is 0.0670. The van der Waals surface area contributed by atoms with Gasteiger partial charge in [0.2, 0.25) is 5.43 Å². The summed E-state index contributed by atoms with van der Waals surface area (Å²) in [5, 5.41) is 12.6. The zero-order valence-electron chi connectivity index (χ0n) is 17.8. The van der Waals surface area contributed by atoms with Gasteiger partial charge in [-0.25, -0.2) is 0 Å². The Morgan fingerprint density at radius 1 is 1.03 bits per heavy atom. The topological polar surface area (TPSA) is 75.0 Å². The van der Waals surface area contributed by atoms with Crippen LogP contribution in [0.1, 0.15) is 40.5 Å². The van der Waals surface area contributed by atoms with Crippen LogP contribution in [-0.4, -0.2) is 40.9 Å². The summed E-state index contributed by atoms with van der Waals surface area (Å²) in [6, 6.07) is 18.7. The molecule has 7 nitrogen and oxygen atoms in total. The lowest BCUT2D eigenvalue weighted by Crippen LogP contribution is -2.55. The monoisotopic (exact) mass is 431 g/mol. The Labute approximate surface area is 186 Å². The summed E-state index contributed by atoms with van der Waals surface area (Å²) in [6.07, 6.45) is 3.74. The first-order valence-electron chi connectivity index (χ1n) is 10.8. The van der Waals surface area contributed by atoms with Crippen molar-refractivity contribution in [3.05, 3.63) is 93.9 Å². The van der Waals surface area contributed by atoms with E-state index >= 15 is 0 Å². The Morgan fingerprint density at radius 3 is 2.47 bits per heavy atom. The Morgan fingerprint density at radius 2 is 1.75 bits per heavy atom. The van der Waals surface area contributed by atoms with Crippen LogP contribution in [0.3, 0.4) is 0 Å². The highest BCUT2D eigenvalue weighted by molar-refractivity contribution is 5.96. The van der Waals surface area contributed by atoms with Crippen molar-refractivity contribution in [3.8, 4) is 11.5 Å². The zero-order valence-corrected chi connectivity index (χ0v) is 17.8. The molecule has 1 N–H and O–H groups in total. The second-order valence-corrected chi connectivity index (χ2v) is 8.33. The molecule has 0 bridgehead atoms. The second-order valence-electron chi connectivity index (χ2n) is 8.33. The quantitative estimate of drug-likeness (QED) is 0.649. The Balaban J connectivity index is 1.71. The molecular weight excluding hydrogens is 406 g/mol. The van der Waals surface area contributed by atoms with Crippen molar-refractivity contribution >= 4 is 5.91 Å². The molecule has 2 heterocycles.